The molecule has 1 amide bonds. The molecule has 1 N–H and O–H groups in total. The minimum atomic E-state index is -5.08. The molecule has 1 aliphatic heterocycles. The topological polar surface area (TPSA) is 79.7 Å². The van der Waals surface area contributed by atoms with Gasteiger partial charge in [0, 0.05) is 19.9 Å². The molecule has 2 aromatic rings. The Morgan fingerprint density at radius 2 is 1.79 bits per heavy atom. The first-order valence-corrected chi connectivity index (χ1v) is 8.83. The monoisotopic (exact) mass is 410 g/mol. The lowest BCUT2D eigenvalue weighted by Gasteiger charge is -2.27. The van der Waals surface area contributed by atoms with Crippen molar-refractivity contribution in [2.75, 3.05) is 13.7 Å². The predicted molar refractivity (Wildman–Crippen MR) is 98.3 cm³/mol. The fourth-order valence-electron chi connectivity index (χ4n) is 3.09. The molecule has 0 unspecified atom stereocenters. The number of carbonyl (C=O) groups is 2. The maximum atomic E-state index is 12.7. The third-order valence-electron chi connectivity index (χ3n) is 4.46. The van der Waals surface area contributed by atoms with Crippen molar-refractivity contribution in [3.8, 4) is 0 Å². The fourth-order valence-corrected chi connectivity index (χ4v) is 3.09. The van der Waals surface area contributed by atoms with E-state index in [4.69, 9.17) is 14.6 Å². The fraction of sp³-hybridized carbons (Fsp3) is 0.350. The van der Waals surface area contributed by atoms with Crippen LogP contribution >= 0.6 is 0 Å². The molecule has 1 aromatic carbocycles. The third kappa shape index (κ3) is 6.28. The first-order chi connectivity index (χ1) is 13.7. The van der Waals surface area contributed by atoms with Crippen LogP contribution in [0.4, 0.5) is 13.2 Å². The summed E-state index contributed by atoms with van der Waals surface area (Å²) < 4.78 is 37.3. The van der Waals surface area contributed by atoms with Crippen LogP contribution in [0.25, 0.3) is 0 Å². The molecular formula is C20H21F3N2O4. The molecule has 0 saturated carbocycles. The zero-order valence-corrected chi connectivity index (χ0v) is 15.7. The van der Waals surface area contributed by atoms with E-state index in [0.717, 1.165) is 12.8 Å². The lowest BCUT2D eigenvalue weighted by molar-refractivity contribution is -0.192. The highest BCUT2D eigenvalue weighted by atomic mass is 19.4. The molecule has 0 radical (unpaired) electrons. The number of methoxy groups -OCH3 is 1. The van der Waals surface area contributed by atoms with Gasteiger partial charge in [0.1, 0.15) is 5.69 Å². The van der Waals surface area contributed by atoms with Crippen molar-refractivity contribution < 1.29 is 32.6 Å². The molecule has 2 heterocycles. The molecule has 0 aliphatic carbocycles. The highest BCUT2D eigenvalue weighted by Gasteiger charge is 2.38. The number of carboxylic acid groups (broad SMARTS) is 1. The number of likely N-dealkylation sites (tertiary alicyclic amines) is 1. The molecular weight excluding hydrogens is 389 g/mol. The molecule has 2 atom stereocenters. The molecule has 3 rings (SSSR count). The van der Waals surface area contributed by atoms with Crippen molar-refractivity contribution in [3.63, 3.8) is 0 Å². The summed E-state index contributed by atoms with van der Waals surface area (Å²) >= 11 is 0. The van der Waals surface area contributed by atoms with E-state index in [9.17, 15) is 18.0 Å². The number of amides is 1. The van der Waals surface area contributed by atoms with Gasteiger partial charge in [0.15, 0.2) is 0 Å². The Balaban J connectivity index is 0.000000370. The molecule has 0 spiro atoms. The van der Waals surface area contributed by atoms with E-state index in [-0.39, 0.29) is 18.1 Å². The number of halogens is 3. The zero-order valence-electron chi connectivity index (χ0n) is 15.7. The van der Waals surface area contributed by atoms with Crippen LogP contribution in [0.3, 0.4) is 0 Å². The van der Waals surface area contributed by atoms with Gasteiger partial charge in [-0.2, -0.15) is 13.2 Å². The Bertz CT molecular complexity index is 800. The van der Waals surface area contributed by atoms with E-state index in [1.165, 1.54) is 5.56 Å². The van der Waals surface area contributed by atoms with Gasteiger partial charge in [-0.1, -0.05) is 36.4 Å². The quantitative estimate of drug-likeness (QED) is 0.838. The molecule has 156 valence electrons. The Morgan fingerprint density at radius 3 is 2.31 bits per heavy atom. The Morgan fingerprint density at radius 1 is 1.17 bits per heavy atom. The molecule has 9 heteroatoms. The summed E-state index contributed by atoms with van der Waals surface area (Å²) in [5, 5.41) is 7.12. The van der Waals surface area contributed by atoms with Crippen molar-refractivity contribution in [1.82, 2.24) is 9.88 Å². The Hall–Kier alpha value is -2.94. The van der Waals surface area contributed by atoms with Crippen LogP contribution < -0.4 is 0 Å². The summed E-state index contributed by atoms with van der Waals surface area (Å²) in [4.78, 5) is 27.7. The first kappa shape index (κ1) is 22.4. The van der Waals surface area contributed by atoms with Crippen LogP contribution in [0.5, 0.6) is 0 Å². The number of nitrogens with zero attached hydrogens (tertiary/aromatic N) is 2. The number of hydrogen-bond donors (Lipinski definition) is 1. The summed E-state index contributed by atoms with van der Waals surface area (Å²) in [6, 6.07) is 15.7. The SMILES string of the molecule is CO[C@@H]1CCN(C(=O)c2ccccn2)[C@H]1Cc1ccccc1.O=C(O)C(F)(F)F. The summed E-state index contributed by atoms with van der Waals surface area (Å²) in [5.41, 5.74) is 1.72. The maximum absolute atomic E-state index is 12.7. The summed E-state index contributed by atoms with van der Waals surface area (Å²) in [7, 11) is 1.72. The number of ether oxygens (including phenoxy) is 1. The number of rotatable bonds is 4. The number of hydrogen-bond acceptors (Lipinski definition) is 4. The van der Waals surface area contributed by atoms with E-state index < -0.39 is 12.1 Å². The maximum Gasteiger partial charge on any atom is 0.490 e. The second-order valence-electron chi connectivity index (χ2n) is 6.34. The summed E-state index contributed by atoms with van der Waals surface area (Å²) in [5.74, 6) is -2.77. The van der Waals surface area contributed by atoms with Crippen LogP contribution in [-0.4, -0.2) is 58.8 Å². The average molecular weight is 410 g/mol. The third-order valence-corrected chi connectivity index (χ3v) is 4.46. The van der Waals surface area contributed by atoms with Crippen molar-refractivity contribution >= 4 is 11.9 Å². The molecule has 1 aromatic heterocycles. The second-order valence-corrected chi connectivity index (χ2v) is 6.34. The molecule has 29 heavy (non-hydrogen) atoms. The van der Waals surface area contributed by atoms with E-state index >= 15 is 0 Å². The van der Waals surface area contributed by atoms with E-state index in [1.807, 2.05) is 35.2 Å². The van der Waals surface area contributed by atoms with Gasteiger partial charge in [-0.15, -0.1) is 0 Å². The van der Waals surface area contributed by atoms with Gasteiger partial charge in [-0.25, -0.2) is 4.79 Å². The number of aromatic nitrogens is 1. The summed E-state index contributed by atoms with van der Waals surface area (Å²) in [6.07, 6.45) is -1.68. The lowest BCUT2D eigenvalue weighted by atomic mass is 10.0. The number of carbonyl (C=O) groups excluding carboxylic acids is 1. The average Bonchev–Trinajstić information content (AvgIpc) is 3.11. The van der Waals surface area contributed by atoms with Gasteiger partial charge in [0.25, 0.3) is 5.91 Å². The number of benzene rings is 1. The first-order valence-electron chi connectivity index (χ1n) is 8.83. The Kier molecular flexibility index (Phi) is 7.72. The van der Waals surface area contributed by atoms with Crippen molar-refractivity contribution in [2.24, 2.45) is 0 Å². The lowest BCUT2D eigenvalue weighted by Crippen LogP contribution is -2.42. The zero-order chi connectivity index (χ0) is 21.4. The minimum Gasteiger partial charge on any atom is -0.475 e. The second kappa shape index (κ2) is 10.0. The predicted octanol–water partition coefficient (Wildman–Crippen LogP) is 3.19. The molecule has 6 nitrogen and oxygen atoms in total. The van der Waals surface area contributed by atoms with E-state index in [0.29, 0.717) is 12.2 Å². The number of alkyl halides is 3. The molecule has 0 bridgehead atoms. The van der Waals surface area contributed by atoms with E-state index in [2.05, 4.69) is 17.1 Å². The van der Waals surface area contributed by atoms with Gasteiger partial charge in [0.05, 0.1) is 12.1 Å². The standard InChI is InChI=1S/C18H20N2O2.C2HF3O2/c1-22-17-10-12-20(18(21)15-9-5-6-11-19-15)16(17)13-14-7-3-2-4-8-14;3-2(4,5)1(6)7/h2-9,11,16-17H,10,12-13H2,1H3;(H,6,7)/t16-,17+;/m0./s1. The van der Waals surface area contributed by atoms with Crippen LogP contribution in [0.15, 0.2) is 54.7 Å². The minimum absolute atomic E-state index is 0.0129. The van der Waals surface area contributed by atoms with E-state index in [1.54, 1.807) is 19.4 Å². The van der Waals surface area contributed by atoms with Crippen LogP contribution in [0.1, 0.15) is 22.5 Å². The van der Waals surface area contributed by atoms with Gasteiger partial charge in [-0.3, -0.25) is 9.78 Å². The molecule has 1 saturated heterocycles. The van der Waals surface area contributed by atoms with Crippen LogP contribution in [0.2, 0.25) is 0 Å². The number of aliphatic carboxylic acids is 1. The Labute approximate surface area is 165 Å². The van der Waals surface area contributed by atoms with Gasteiger partial charge in [0.2, 0.25) is 0 Å². The molecule has 1 aliphatic rings. The number of carboxylic acids is 1. The van der Waals surface area contributed by atoms with Crippen molar-refractivity contribution in [1.29, 1.82) is 0 Å². The normalized spacial score (nSPS) is 18.7. The highest BCUT2D eigenvalue weighted by molar-refractivity contribution is 5.92. The van der Waals surface area contributed by atoms with Crippen molar-refractivity contribution in [3.05, 3.63) is 66.0 Å². The summed E-state index contributed by atoms with van der Waals surface area (Å²) in [6.45, 7) is 0.714. The highest BCUT2D eigenvalue weighted by Crippen LogP contribution is 2.25. The van der Waals surface area contributed by atoms with Gasteiger partial charge >= 0.3 is 12.1 Å². The molecule has 1 fully saturated rings. The van der Waals surface area contributed by atoms with Gasteiger partial charge in [-0.05, 0) is 30.5 Å². The van der Waals surface area contributed by atoms with Crippen molar-refractivity contribution in [2.45, 2.75) is 31.2 Å². The van der Waals surface area contributed by atoms with Crippen LogP contribution in [0, 0.1) is 0 Å². The number of pyridine rings is 1. The largest absolute Gasteiger partial charge is 0.490 e. The smallest absolute Gasteiger partial charge is 0.475 e. The van der Waals surface area contributed by atoms with Gasteiger partial charge < -0.3 is 14.7 Å². The van der Waals surface area contributed by atoms with Crippen LogP contribution in [-0.2, 0) is 16.0 Å².